The first-order valence-corrected chi connectivity index (χ1v) is 7.84. The Balaban J connectivity index is 1.69. The third kappa shape index (κ3) is 3.54. The van der Waals surface area contributed by atoms with Crippen molar-refractivity contribution in [2.45, 2.75) is 13.8 Å². The molecule has 0 saturated carbocycles. The molecule has 0 radical (unpaired) electrons. The Kier molecular flexibility index (Phi) is 4.33. The molecule has 1 amide bonds. The summed E-state index contributed by atoms with van der Waals surface area (Å²) in [5.74, 6) is 0.650. The number of amides is 1. The summed E-state index contributed by atoms with van der Waals surface area (Å²) in [6.45, 7) is 4.36. The molecule has 1 N–H and O–H groups in total. The first kappa shape index (κ1) is 15.2. The van der Waals surface area contributed by atoms with Gasteiger partial charge in [0.15, 0.2) is 0 Å². The van der Waals surface area contributed by atoms with Crippen molar-refractivity contribution in [1.29, 1.82) is 0 Å². The van der Waals surface area contributed by atoms with Crippen molar-refractivity contribution in [3.8, 4) is 17.3 Å². The summed E-state index contributed by atoms with van der Waals surface area (Å²) in [5, 5.41) is 13.0. The van der Waals surface area contributed by atoms with Gasteiger partial charge in [0.25, 0.3) is 11.8 Å². The van der Waals surface area contributed by atoms with Crippen molar-refractivity contribution >= 4 is 23.3 Å². The van der Waals surface area contributed by atoms with E-state index >= 15 is 0 Å². The smallest absolute Gasteiger partial charge is 0.322 e. The summed E-state index contributed by atoms with van der Waals surface area (Å²) in [7, 11) is 0. The Morgan fingerprint density at radius 2 is 2.09 bits per heavy atom. The Morgan fingerprint density at radius 3 is 2.74 bits per heavy atom. The summed E-state index contributed by atoms with van der Waals surface area (Å²) in [6, 6.07) is 6.83. The molecular weight excluding hydrogens is 316 g/mol. The first-order valence-electron chi connectivity index (χ1n) is 6.96. The zero-order valence-corrected chi connectivity index (χ0v) is 13.4. The number of carbonyl (C=O) groups is 1. The van der Waals surface area contributed by atoms with E-state index in [4.69, 9.17) is 9.15 Å². The number of aryl methyl sites for hydroxylation is 1. The van der Waals surface area contributed by atoms with Crippen molar-refractivity contribution in [3.63, 3.8) is 0 Å². The highest BCUT2D eigenvalue weighted by atomic mass is 32.1. The number of aromatic nitrogens is 3. The van der Waals surface area contributed by atoms with Crippen LogP contribution in [0, 0.1) is 6.92 Å². The number of anilines is 1. The second-order valence-electron chi connectivity index (χ2n) is 4.58. The molecule has 23 heavy (non-hydrogen) atoms. The number of nitrogens with zero attached hydrogens (tertiary/aromatic N) is 3. The maximum Gasteiger partial charge on any atom is 0.322 e. The summed E-state index contributed by atoms with van der Waals surface area (Å²) in [6.07, 6.45) is 0. The number of rotatable bonds is 5. The largest absolute Gasteiger partial charge is 0.494 e. The SMILES string of the molecule is CCOc1ccc(C(=O)Nc2nnc(-c3csc(C)n3)o2)cc1. The number of carbonyl (C=O) groups excluding carboxylic acids is 1. The van der Waals surface area contributed by atoms with Crippen LogP contribution >= 0.6 is 11.3 Å². The van der Waals surface area contributed by atoms with Crippen LogP contribution in [0.3, 0.4) is 0 Å². The minimum Gasteiger partial charge on any atom is -0.494 e. The number of hydrogen-bond donors (Lipinski definition) is 1. The van der Waals surface area contributed by atoms with Gasteiger partial charge in [-0.1, -0.05) is 5.10 Å². The van der Waals surface area contributed by atoms with E-state index in [-0.39, 0.29) is 17.8 Å². The normalized spacial score (nSPS) is 10.5. The van der Waals surface area contributed by atoms with E-state index in [1.54, 1.807) is 24.3 Å². The molecule has 2 heterocycles. The van der Waals surface area contributed by atoms with E-state index < -0.39 is 0 Å². The number of ether oxygens (including phenoxy) is 1. The van der Waals surface area contributed by atoms with Gasteiger partial charge in [-0.05, 0) is 38.1 Å². The second kappa shape index (κ2) is 6.57. The standard InChI is InChI=1S/C15H14N4O3S/c1-3-21-11-6-4-10(5-7-11)13(20)17-15-19-18-14(22-15)12-8-23-9(2)16-12/h4-8H,3H2,1-2H3,(H,17,19,20). The fraction of sp³-hybridized carbons (Fsp3) is 0.200. The number of thiazole rings is 1. The molecule has 0 unspecified atom stereocenters. The van der Waals surface area contributed by atoms with Crippen LogP contribution < -0.4 is 10.1 Å². The van der Waals surface area contributed by atoms with Gasteiger partial charge in [0, 0.05) is 10.9 Å². The van der Waals surface area contributed by atoms with E-state index in [0.29, 0.717) is 23.6 Å². The summed E-state index contributed by atoms with van der Waals surface area (Å²) in [5.41, 5.74) is 1.07. The quantitative estimate of drug-likeness (QED) is 0.773. The minimum absolute atomic E-state index is 0.0320. The lowest BCUT2D eigenvalue weighted by Gasteiger charge is -2.04. The first-order chi connectivity index (χ1) is 11.2. The van der Waals surface area contributed by atoms with Crippen LogP contribution in [0.1, 0.15) is 22.3 Å². The lowest BCUT2D eigenvalue weighted by Crippen LogP contribution is -2.12. The van der Waals surface area contributed by atoms with Crippen molar-refractivity contribution in [2.24, 2.45) is 0 Å². The molecule has 8 heteroatoms. The zero-order chi connectivity index (χ0) is 16.2. The monoisotopic (exact) mass is 330 g/mol. The molecular formula is C15H14N4O3S. The topological polar surface area (TPSA) is 90.1 Å². The van der Waals surface area contributed by atoms with E-state index in [2.05, 4.69) is 20.5 Å². The molecule has 3 rings (SSSR count). The predicted molar refractivity (Wildman–Crippen MR) is 85.7 cm³/mol. The Hall–Kier alpha value is -2.74. The van der Waals surface area contributed by atoms with Crippen molar-refractivity contribution < 1.29 is 13.9 Å². The number of benzene rings is 1. The van der Waals surface area contributed by atoms with Gasteiger partial charge in [-0.2, -0.15) is 0 Å². The average molecular weight is 330 g/mol. The van der Waals surface area contributed by atoms with Crippen LogP contribution in [0.5, 0.6) is 5.75 Å². The predicted octanol–water partition coefficient (Wildman–Crippen LogP) is 3.15. The van der Waals surface area contributed by atoms with Gasteiger partial charge >= 0.3 is 6.01 Å². The van der Waals surface area contributed by atoms with Crippen LogP contribution in [-0.2, 0) is 0 Å². The molecule has 0 aliphatic carbocycles. The van der Waals surface area contributed by atoms with E-state index in [9.17, 15) is 4.79 Å². The average Bonchev–Trinajstić information content (AvgIpc) is 3.17. The molecule has 0 aliphatic rings. The highest BCUT2D eigenvalue weighted by molar-refractivity contribution is 7.09. The van der Waals surface area contributed by atoms with Crippen LogP contribution in [0.2, 0.25) is 0 Å². The Morgan fingerprint density at radius 1 is 1.30 bits per heavy atom. The van der Waals surface area contributed by atoms with Gasteiger partial charge < -0.3 is 9.15 Å². The van der Waals surface area contributed by atoms with E-state index in [0.717, 1.165) is 5.01 Å². The van der Waals surface area contributed by atoms with Gasteiger partial charge in [-0.3, -0.25) is 10.1 Å². The van der Waals surface area contributed by atoms with E-state index in [1.807, 2.05) is 19.2 Å². The molecule has 0 bridgehead atoms. The Bertz CT molecular complexity index is 810. The van der Waals surface area contributed by atoms with Crippen LogP contribution in [0.25, 0.3) is 11.6 Å². The molecule has 0 spiro atoms. The maximum absolute atomic E-state index is 12.1. The van der Waals surface area contributed by atoms with Crippen molar-refractivity contribution in [2.75, 3.05) is 11.9 Å². The zero-order valence-electron chi connectivity index (χ0n) is 12.6. The minimum atomic E-state index is -0.335. The van der Waals surface area contributed by atoms with Crippen LogP contribution in [-0.4, -0.2) is 27.7 Å². The fourth-order valence-corrected chi connectivity index (χ4v) is 2.46. The molecule has 0 aliphatic heterocycles. The fourth-order valence-electron chi connectivity index (χ4n) is 1.88. The molecule has 0 fully saturated rings. The maximum atomic E-state index is 12.1. The van der Waals surface area contributed by atoms with Gasteiger partial charge in [0.1, 0.15) is 11.4 Å². The Labute approximate surface area is 136 Å². The summed E-state index contributed by atoms with van der Waals surface area (Å²) < 4.78 is 10.7. The lowest BCUT2D eigenvalue weighted by molar-refractivity contribution is 0.102. The van der Waals surface area contributed by atoms with Crippen molar-refractivity contribution in [3.05, 3.63) is 40.2 Å². The van der Waals surface area contributed by atoms with Gasteiger partial charge in [-0.25, -0.2) is 4.98 Å². The molecule has 0 saturated heterocycles. The molecule has 1 aromatic carbocycles. The molecule has 7 nitrogen and oxygen atoms in total. The van der Waals surface area contributed by atoms with Crippen LogP contribution in [0.15, 0.2) is 34.1 Å². The lowest BCUT2D eigenvalue weighted by atomic mass is 10.2. The molecule has 2 aromatic heterocycles. The van der Waals surface area contributed by atoms with Crippen molar-refractivity contribution in [1.82, 2.24) is 15.2 Å². The van der Waals surface area contributed by atoms with Gasteiger partial charge in [0.05, 0.1) is 11.6 Å². The highest BCUT2D eigenvalue weighted by Gasteiger charge is 2.14. The van der Waals surface area contributed by atoms with Gasteiger partial charge in [0.2, 0.25) is 0 Å². The second-order valence-corrected chi connectivity index (χ2v) is 5.64. The summed E-state index contributed by atoms with van der Waals surface area (Å²) >= 11 is 1.49. The molecule has 0 atom stereocenters. The molecule has 118 valence electrons. The third-order valence-corrected chi connectivity index (χ3v) is 3.68. The van der Waals surface area contributed by atoms with E-state index in [1.165, 1.54) is 11.3 Å². The molecule has 3 aromatic rings. The van der Waals surface area contributed by atoms with Gasteiger partial charge in [-0.15, -0.1) is 16.4 Å². The number of hydrogen-bond acceptors (Lipinski definition) is 7. The third-order valence-electron chi connectivity index (χ3n) is 2.91. The highest BCUT2D eigenvalue weighted by Crippen LogP contribution is 2.22. The van der Waals surface area contributed by atoms with Crippen LogP contribution in [0.4, 0.5) is 6.01 Å². The summed E-state index contributed by atoms with van der Waals surface area (Å²) in [4.78, 5) is 16.4. The number of nitrogens with one attached hydrogen (secondary N) is 1.